The Kier molecular flexibility index (Phi) is 3.80. The van der Waals surface area contributed by atoms with Gasteiger partial charge in [0, 0.05) is 16.5 Å². The average molecular weight is 323 g/mol. The fourth-order valence-electron chi connectivity index (χ4n) is 2.19. The first-order chi connectivity index (χ1) is 9.95. The van der Waals surface area contributed by atoms with Crippen molar-refractivity contribution < 1.29 is 4.74 Å². The molecule has 1 aromatic carbocycles. The van der Waals surface area contributed by atoms with Crippen molar-refractivity contribution >= 4 is 23.2 Å². The van der Waals surface area contributed by atoms with E-state index in [2.05, 4.69) is 9.97 Å². The third kappa shape index (κ3) is 2.99. The van der Waals surface area contributed by atoms with E-state index in [4.69, 9.17) is 27.9 Å². The summed E-state index contributed by atoms with van der Waals surface area (Å²) in [5.74, 6) is 2.45. The second-order valence-electron chi connectivity index (χ2n) is 5.55. The van der Waals surface area contributed by atoms with Crippen LogP contribution in [0.1, 0.15) is 41.3 Å². The number of aryl methyl sites for hydroxylation is 2. The molecule has 3 nitrogen and oxygen atoms in total. The Hall–Kier alpha value is -1.32. The molecule has 1 aliphatic rings. The summed E-state index contributed by atoms with van der Waals surface area (Å²) in [6.07, 6.45) is 2.25. The number of hydrogen-bond donors (Lipinski definition) is 0. The molecule has 0 unspecified atom stereocenters. The molecular weight excluding hydrogens is 307 g/mol. The minimum Gasteiger partial charge on any atom is -0.439 e. The summed E-state index contributed by atoms with van der Waals surface area (Å²) in [4.78, 5) is 8.86. The standard InChI is InChI=1S/C16H16Cl2N2O/c1-8-6-12(7-9(2)13(8)17)21-16-10(3)14(18)19-15(20-16)11-4-5-11/h6-7,11H,4-5H2,1-3H3. The van der Waals surface area contributed by atoms with Crippen LogP contribution in [0.2, 0.25) is 10.2 Å². The molecule has 1 aliphatic carbocycles. The molecule has 3 rings (SSSR count). The minimum absolute atomic E-state index is 0.430. The summed E-state index contributed by atoms with van der Waals surface area (Å²) in [6, 6.07) is 3.81. The molecular formula is C16H16Cl2N2O. The van der Waals surface area contributed by atoms with Gasteiger partial charge < -0.3 is 4.74 Å². The zero-order chi connectivity index (χ0) is 15.1. The number of hydrogen-bond acceptors (Lipinski definition) is 3. The Bertz CT molecular complexity index is 689. The fourth-order valence-corrected chi connectivity index (χ4v) is 2.46. The van der Waals surface area contributed by atoms with Crippen LogP contribution < -0.4 is 4.74 Å². The molecule has 0 spiro atoms. The van der Waals surface area contributed by atoms with E-state index in [0.717, 1.165) is 40.4 Å². The number of rotatable bonds is 3. The molecule has 5 heteroatoms. The van der Waals surface area contributed by atoms with Gasteiger partial charge in [0.15, 0.2) is 0 Å². The van der Waals surface area contributed by atoms with Crippen LogP contribution in [-0.2, 0) is 0 Å². The molecule has 110 valence electrons. The summed E-state index contributed by atoms with van der Waals surface area (Å²) < 4.78 is 5.93. The van der Waals surface area contributed by atoms with E-state index in [1.165, 1.54) is 0 Å². The molecule has 0 bridgehead atoms. The summed E-state index contributed by atoms with van der Waals surface area (Å²) >= 11 is 12.4. The topological polar surface area (TPSA) is 35.0 Å². The van der Waals surface area contributed by atoms with Crippen LogP contribution in [0.15, 0.2) is 12.1 Å². The van der Waals surface area contributed by atoms with Gasteiger partial charge in [0.2, 0.25) is 5.88 Å². The van der Waals surface area contributed by atoms with Crippen molar-refractivity contribution in [2.24, 2.45) is 0 Å². The second-order valence-corrected chi connectivity index (χ2v) is 6.29. The van der Waals surface area contributed by atoms with E-state index in [-0.39, 0.29) is 0 Å². The molecule has 0 aliphatic heterocycles. The third-order valence-corrected chi connectivity index (χ3v) is 4.59. The normalized spacial score (nSPS) is 14.3. The smallest absolute Gasteiger partial charge is 0.226 e. The van der Waals surface area contributed by atoms with Crippen molar-refractivity contribution in [2.45, 2.75) is 39.5 Å². The van der Waals surface area contributed by atoms with Gasteiger partial charge in [0.1, 0.15) is 16.7 Å². The molecule has 0 radical (unpaired) electrons. The number of benzene rings is 1. The lowest BCUT2D eigenvalue weighted by molar-refractivity contribution is 0.453. The highest BCUT2D eigenvalue weighted by Crippen LogP contribution is 2.40. The van der Waals surface area contributed by atoms with Gasteiger partial charge in [-0.3, -0.25) is 0 Å². The van der Waals surface area contributed by atoms with Crippen molar-refractivity contribution in [2.75, 3.05) is 0 Å². The van der Waals surface area contributed by atoms with E-state index >= 15 is 0 Å². The Balaban J connectivity index is 1.97. The van der Waals surface area contributed by atoms with Crippen molar-refractivity contribution in [3.05, 3.63) is 44.8 Å². The molecule has 1 saturated carbocycles. The van der Waals surface area contributed by atoms with Gasteiger partial charge in [0.25, 0.3) is 0 Å². The highest BCUT2D eigenvalue weighted by molar-refractivity contribution is 6.32. The zero-order valence-electron chi connectivity index (χ0n) is 12.2. The van der Waals surface area contributed by atoms with Gasteiger partial charge in [-0.25, -0.2) is 4.98 Å². The Morgan fingerprint density at radius 2 is 1.67 bits per heavy atom. The number of ether oxygens (including phenoxy) is 1. The zero-order valence-corrected chi connectivity index (χ0v) is 13.7. The SMILES string of the molecule is Cc1cc(Oc2nc(C3CC3)nc(Cl)c2C)cc(C)c1Cl. The molecule has 0 N–H and O–H groups in total. The quantitative estimate of drug-likeness (QED) is 0.712. The Labute approximate surface area is 134 Å². The predicted molar refractivity (Wildman–Crippen MR) is 84.8 cm³/mol. The molecule has 0 saturated heterocycles. The number of aromatic nitrogens is 2. The summed E-state index contributed by atoms with van der Waals surface area (Å²) in [5, 5.41) is 1.22. The molecule has 0 atom stereocenters. The largest absolute Gasteiger partial charge is 0.439 e. The van der Waals surface area contributed by atoms with Crippen LogP contribution in [0.4, 0.5) is 0 Å². The Morgan fingerprint density at radius 1 is 1.05 bits per heavy atom. The van der Waals surface area contributed by atoms with Crippen molar-refractivity contribution in [3.63, 3.8) is 0 Å². The lowest BCUT2D eigenvalue weighted by Crippen LogP contribution is -2.00. The van der Waals surface area contributed by atoms with E-state index in [0.29, 0.717) is 22.7 Å². The van der Waals surface area contributed by atoms with Crippen LogP contribution in [0.3, 0.4) is 0 Å². The monoisotopic (exact) mass is 322 g/mol. The van der Waals surface area contributed by atoms with Crippen molar-refractivity contribution in [3.8, 4) is 11.6 Å². The van der Waals surface area contributed by atoms with Crippen LogP contribution >= 0.6 is 23.2 Å². The van der Waals surface area contributed by atoms with Crippen molar-refractivity contribution in [1.82, 2.24) is 9.97 Å². The fraction of sp³-hybridized carbons (Fsp3) is 0.375. The molecule has 0 amide bonds. The van der Waals surface area contributed by atoms with Gasteiger partial charge in [0.05, 0.1) is 0 Å². The first-order valence-electron chi connectivity index (χ1n) is 6.94. The maximum atomic E-state index is 6.19. The van der Waals surface area contributed by atoms with E-state index in [1.807, 2.05) is 32.9 Å². The second kappa shape index (κ2) is 5.47. The summed E-state index contributed by atoms with van der Waals surface area (Å²) in [5.41, 5.74) is 2.71. The van der Waals surface area contributed by atoms with Crippen LogP contribution in [-0.4, -0.2) is 9.97 Å². The average Bonchev–Trinajstić information content (AvgIpc) is 3.25. The van der Waals surface area contributed by atoms with E-state index in [9.17, 15) is 0 Å². The highest BCUT2D eigenvalue weighted by Gasteiger charge is 2.28. The number of halogens is 2. The van der Waals surface area contributed by atoms with Crippen LogP contribution in [0.5, 0.6) is 11.6 Å². The van der Waals surface area contributed by atoms with Crippen LogP contribution in [0.25, 0.3) is 0 Å². The van der Waals surface area contributed by atoms with E-state index in [1.54, 1.807) is 0 Å². The Morgan fingerprint density at radius 3 is 2.24 bits per heavy atom. The first-order valence-corrected chi connectivity index (χ1v) is 7.70. The van der Waals surface area contributed by atoms with Gasteiger partial charge >= 0.3 is 0 Å². The van der Waals surface area contributed by atoms with Gasteiger partial charge in [-0.15, -0.1) is 0 Å². The third-order valence-electron chi connectivity index (χ3n) is 3.63. The summed E-state index contributed by atoms with van der Waals surface area (Å²) in [6.45, 7) is 5.78. The lowest BCUT2D eigenvalue weighted by atomic mass is 10.1. The maximum Gasteiger partial charge on any atom is 0.226 e. The molecule has 2 aromatic rings. The van der Waals surface area contributed by atoms with Gasteiger partial charge in [-0.1, -0.05) is 23.2 Å². The summed E-state index contributed by atoms with van der Waals surface area (Å²) in [7, 11) is 0. The van der Waals surface area contributed by atoms with Gasteiger partial charge in [-0.2, -0.15) is 4.98 Å². The molecule has 1 heterocycles. The first kappa shape index (κ1) is 14.6. The van der Waals surface area contributed by atoms with Crippen molar-refractivity contribution in [1.29, 1.82) is 0 Å². The molecule has 1 fully saturated rings. The predicted octanol–water partition coefficient (Wildman–Crippen LogP) is 5.38. The van der Waals surface area contributed by atoms with E-state index < -0.39 is 0 Å². The molecule has 21 heavy (non-hydrogen) atoms. The van der Waals surface area contributed by atoms with Crippen LogP contribution in [0, 0.1) is 20.8 Å². The number of nitrogens with zero attached hydrogens (tertiary/aromatic N) is 2. The minimum atomic E-state index is 0.430. The maximum absolute atomic E-state index is 6.19. The lowest BCUT2D eigenvalue weighted by Gasteiger charge is -2.12. The highest BCUT2D eigenvalue weighted by atomic mass is 35.5. The van der Waals surface area contributed by atoms with Gasteiger partial charge in [-0.05, 0) is 56.9 Å². The molecule has 1 aromatic heterocycles.